The topological polar surface area (TPSA) is 24.5 Å². The molecule has 0 radical (unpaired) electrons. The van der Waals surface area contributed by atoms with E-state index in [1.54, 1.807) is 12.1 Å². The fraction of sp³-hybridized carbons (Fsp3) is 0.625. The maximum atomic E-state index is 12.2. The van der Waals surface area contributed by atoms with E-state index in [-0.39, 0.29) is 18.2 Å². The molecule has 1 aromatic carbocycles. The molecule has 0 bridgehead atoms. The van der Waals surface area contributed by atoms with Gasteiger partial charge >= 0.3 is 6.61 Å². The van der Waals surface area contributed by atoms with Gasteiger partial charge in [0.1, 0.15) is 5.75 Å². The van der Waals surface area contributed by atoms with E-state index in [0.29, 0.717) is 12.0 Å². The second-order valence-electron chi connectivity index (χ2n) is 5.88. The minimum absolute atomic E-state index is 0. The number of hydrogen-bond acceptors (Lipinski definition) is 3. The van der Waals surface area contributed by atoms with Crippen LogP contribution in [0.15, 0.2) is 24.3 Å². The van der Waals surface area contributed by atoms with Crippen LogP contribution in [0.5, 0.6) is 5.75 Å². The Bertz CT molecular complexity index is 423. The Morgan fingerprint density at radius 1 is 1.14 bits per heavy atom. The number of benzene rings is 1. The predicted octanol–water partition coefficient (Wildman–Crippen LogP) is 3.70. The first kappa shape index (κ1) is 19.1. The molecule has 1 atom stereocenters. The third kappa shape index (κ3) is 5.71. The van der Waals surface area contributed by atoms with Crippen molar-refractivity contribution in [1.82, 2.24) is 10.2 Å². The zero-order valence-electron chi connectivity index (χ0n) is 13.1. The number of hydrogen-bond donors (Lipinski definition) is 1. The maximum Gasteiger partial charge on any atom is 0.387 e. The van der Waals surface area contributed by atoms with Crippen LogP contribution < -0.4 is 10.1 Å². The molecular formula is C16H25ClF2N2O. The average molecular weight is 335 g/mol. The first-order valence-corrected chi connectivity index (χ1v) is 7.56. The van der Waals surface area contributed by atoms with Crippen LogP contribution in [0.3, 0.4) is 0 Å². The number of nitrogens with one attached hydrogen (secondary N) is 1. The van der Waals surface area contributed by atoms with Crippen LogP contribution in [0, 0.1) is 5.92 Å². The zero-order valence-corrected chi connectivity index (χ0v) is 13.9. The van der Waals surface area contributed by atoms with Crippen molar-refractivity contribution in [2.45, 2.75) is 32.9 Å². The normalized spacial score (nSPS) is 17.4. The second-order valence-corrected chi connectivity index (χ2v) is 5.88. The summed E-state index contributed by atoms with van der Waals surface area (Å²) < 4.78 is 28.8. The molecule has 0 unspecified atom stereocenters. The molecule has 6 heteroatoms. The standard InChI is InChI=1S/C16H24F2N2O.ClH/c1-12(2)11-15(20-9-7-19-8-10-20)13-3-5-14(6-4-13)21-16(17)18;/h3-6,12,15-16,19H,7-11H2,1-2H3;1H/t15-;/m1./s1. The highest BCUT2D eigenvalue weighted by atomic mass is 35.5. The van der Waals surface area contributed by atoms with E-state index in [1.807, 2.05) is 12.1 Å². The smallest absolute Gasteiger partial charge is 0.387 e. The van der Waals surface area contributed by atoms with Gasteiger partial charge in [0.25, 0.3) is 0 Å². The van der Waals surface area contributed by atoms with Crippen LogP contribution in [0.2, 0.25) is 0 Å². The summed E-state index contributed by atoms with van der Waals surface area (Å²) in [5, 5.41) is 3.36. The van der Waals surface area contributed by atoms with Crippen LogP contribution in [-0.4, -0.2) is 37.7 Å². The first-order valence-electron chi connectivity index (χ1n) is 7.56. The SMILES string of the molecule is CC(C)C[C@H](c1ccc(OC(F)F)cc1)N1CCNCC1.Cl. The van der Waals surface area contributed by atoms with Crippen molar-refractivity contribution in [3.8, 4) is 5.75 Å². The van der Waals surface area contributed by atoms with Gasteiger partial charge < -0.3 is 10.1 Å². The van der Waals surface area contributed by atoms with Gasteiger partial charge in [-0.2, -0.15) is 8.78 Å². The van der Waals surface area contributed by atoms with Gasteiger partial charge in [-0.15, -0.1) is 12.4 Å². The molecule has 1 aromatic rings. The van der Waals surface area contributed by atoms with Crippen molar-refractivity contribution in [2.24, 2.45) is 5.92 Å². The Morgan fingerprint density at radius 3 is 2.23 bits per heavy atom. The summed E-state index contributed by atoms with van der Waals surface area (Å²) in [6.45, 7) is 5.70. The van der Waals surface area contributed by atoms with E-state index in [9.17, 15) is 8.78 Å². The summed E-state index contributed by atoms with van der Waals surface area (Å²) in [7, 11) is 0. The number of nitrogens with zero attached hydrogens (tertiary/aromatic N) is 1. The van der Waals surface area contributed by atoms with Gasteiger partial charge in [0.2, 0.25) is 0 Å². The van der Waals surface area contributed by atoms with Crippen LogP contribution >= 0.6 is 12.4 Å². The van der Waals surface area contributed by atoms with Gasteiger partial charge in [-0.05, 0) is 30.0 Å². The fourth-order valence-corrected chi connectivity index (χ4v) is 2.81. The summed E-state index contributed by atoms with van der Waals surface area (Å²) in [5.41, 5.74) is 1.17. The molecule has 0 spiro atoms. The quantitative estimate of drug-likeness (QED) is 0.858. The van der Waals surface area contributed by atoms with E-state index in [1.165, 1.54) is 5.56 Å². The highest BCUT2D eigenvalue weighted by Gasteiger charge is 2.23. The molecule has 1 aliphatic rings. The third-order valence-corrected chi connectivity index (χ3v) is 3.78. The van der Waals surface area contributed by atoms with Crippen molar-refractivity contribution in [1.29, 1.82) is 0 Å². The zero-order chi connectivity index (χ0) is 15.2. The van der Waals surface area contributed by atoms with Gasteiger partial charge in [0.05, 0.1) is 0 Å². The van der Waals surface area contributed by atoms with Crippen molar-refractivity contribution >= 4 is 12.4 Å². The first-order chi connectivity index (χ1) is 10.1. The summed E-state index contributed by atoms with van der Waals surface area (Å²) in [4.78, 5) is 2.47. The maximum absolute atomic E-state index is 12.2. The lowest BCUT2D eigenvalue weighted by Crippen LogP contribution is -2.45. The molecule has 0 saturated carbocycles. The molecular weight excluding hydrogens is 310 g/mol. The molecule has 1 aliphatic heterocycles. The van der Waals surface area contributed by atoms with Crippen molar-refractivity contribution in [3.63, 3.8) is 0 Å². The molecule has 1 heterocycles. The van der Waals surface area contributed by atoms with E-state index in [2.05, 4.69) is 28.8 Å². The molecule has 22 heavy (non-hydrogen) atoms. The number of halogens is 3. The number of ether oxygens (including phenoxy) is 1. The van der Waals surface area contributed by atoms with Gasteiger partial charge in [0, 0.05) is 32.2 Å². The van der Waals surface area contributed by atoms with Crippen LogP contribution in [0.25, 0.3) is 0 Å². The molecule has 126 valence electrons. The molecule has 0 amide bonds. The monoisotopic (exact) mass is 334 g/mol. The minimum Gasteiger partial charge on any atom is -0.435 e. The van der Waals surface area contributed by atoms with E-state index in [4.69, 9.17) is 0 Å². The van der Waals surface area contributed by atoms with Crippen LogP contribution in [-0.2, 0) is 0 Å². The average Bonchev–Trinajstić information content (AvgIpc) is 2.46. The molecule has 2 rings (SSSR count). The number of piperazine rings is 1. The van der Waals surface area contributed by atoms with E-state index >= 15 is 0 Å². The Labute approximate surface area is 137 Å². The fourth-order valence-electron chi connectivity index (χ4n) is 2.81. The highest BCUT2D eigenvalue weighted by Crippen LogP contribution is 2.29. The largest absolute Gasteiger partial charge is 0.435 e. The van der Waals surface area contributed by atoms with Gasteiger partial charge in [-0.1, -0.05) is 26.0 Å². The lowest BCUT2D eigenvalue weighted by atomic mass is 9.95. The van der Waals surface area contributed by atoms with Gasteiger partial charge in [0.15, 0.2) is 0 Å². The summed E-state index contributed by atoms with van der Waals surface area (Å²) in [6, 6.07) is 7.43. The van der Waals surface area contributed by atoms with Gasteiger partial charge in [-0.3, -0.25) is 4.90 Å². The van der Waals surface area contributed by atoms with E-state index in [0.717, 1.165) is 32.6 Å². The molecule has 1 N–H and O–H groups in total. The molecule has 0 aliphatic carbocycles. The lowest BCUT2D eigenvalue weighted by Gasteiger charge is -2.36. The Kier molecular flexibility index (Phi) is 8.07. The molecule has 3 nitrogen and oxygen atoms in total. The number of rotatable bonds is 6. The Hall–Kier alpha value is -0.910. The summed E-state index contributed by atoms with van der Waals surface area (Å²) in [6.07, 6.45) is 1.06. The number of alkyl halides is 2. The van der Waals surface area contributed by atoms with Crippen molar-refractivity contribution < 1.29 is 13.5 Å². The third-order valence-electron chi connectivity index (χ3n) is 3.78. The van der Waals surface area contributed by atoms with Crippen LogP contribution in [0.4, 0.5) is 8.78 Å². The van der Waals surface area contributed by atoms with E-state index < -0.39 is 6.61 Å². The van der Waals surface area contributed by atoms with Crippen LogP contribution in [0.1, 0.15) is 31.9 Å². The summed E-state index contributed by atoms with van der Waals surface area (Å²) in [5.74, 6) is 0.805. The van der Waals surface area contributed by atoms with Crippen molar-refractivity contribution in [2.75, 3.05) is 26.2 Å². The molecule has 1 fully saturated rings. The molecule has 0 aromatic heterocycles. The predicted molar refractivity (Wildman–Crippen MR) is 87.0 cm³/mol. The van der Waals surface area contributed by atoms with Crippen molar-refractivity contribution in [3.05, 3.63) is 29.8 Å². The summed E-state index contributed by atoms with van der Waals surface area (Å²) >= 11 is 0. The lowest BCUT2D eigenvalue weighted by molar-refractivity contribution is -0.0498. The highest BCUT2D eigenvalue weighted by molar-refractivity contribution is 5.85. The molecule has 1 saturated heterocycles. The second kappa shape index (κ2) is 9.28. The van der Waals surface area contributed by atoms with Gasteiger partial charge in [-0.25, -0.2) is 0 Å². The Balaban J connectivity index is 0.00000242. The Morgan fingerprint density at radius 2 is 1.73 bits per heavy atom. The minimum atomic E-state index is -2.77.